The second-order valence-corrected chi connectivity index (χ2v) is 7.17. The number of carbonyl (C=O) groups excluding carboxylic acids is 4. The van der Waals surface area contributed by atoms with Crippen molar-refractivity contribution < 1.29 is 33.4 Å². The largest absolute Gasteiger partial charge is 0.486 e. The number of anilines is 1. The molecule has 1 aromatic carbocycles. The van der Waals surface area contributed by atoms with Gasteiger partial charge in [0.2, 0.25) is 5.91 Å². The molecular formula is C20H25N3O7. The van der Waals surface area contributed by atoms with E-state index in [1.54, 1.807) is 25.1 Å². The number of ether oxygens (including phenoxy) is 3. The smallest absolute Gasteiger partial charge is 0.321 e. The first-order valence-electron chi connectivity index (χ1n) is 9.84. The molecule has 1 aromatic rings. The lowest BCUT2D eigenvalue weighted by molar-refractivity contribution is -0.152. The van der Waals surface area contributed by atoms with Crippen molar-refractivity contribution >= 4 is 29.5 Å². The molecule has 0 radical (unpaired) electrons. The zero-order valence-corrected chi connectivity index (χ0v) is 16.9. The number of nitrogens with zero attached hydrogens (tertiary/aromatic N) is 1. The molecule has 162 valence electrons. The molecule has 0 aromatic heterocycles. The highest BCUT2D eigenvalue weighted by molar-refractivity contribution is 6.00. The summed E-state index contributed by atoms with van der Waals surface area (Å²) in [5, 5.41) is 4.67. The summed E-state index contributed by atoms with van der Waals surface area (Å²) in [7, 11) is 0. The molecule has 0 aliphatic carbocycles. The SMILES string of the molecule is CC[C@@H](C)NC(=O)NC(=O)COC(=O)[C@@H]1CC(=O)N(c2ccc3c(c2)OCCO3)C1. The van der Waals surface area contributed by atoms with Crippen molar-refractivity contribution in [3.63, 3.8) is 0 Å². The van der Waals surface area contributed by atoms with Crippen molar-refractivity contribution in [2.24, 2.45) is 5.92 Å². The number of hydrogen-bond acceptors (Lipinski definition) is 7. The van der Waals surface area contributed by atoms with E-state index in [4.69, 9.17) is 14.2 Å². The number of nitrogens with one attached hydrogen (secondary N) is 2. The molecule has 10 nitrogen and oxygen atoms in total. The van der Waals surface area contributed by atoms with Gasteiger partial charge in [-0.3, -0.25) is 19.7 Å². The summed E-state index contributed by atoms with van der Waals surface area (Å²) < 4.78 is 16.0. The van der Waals surface area contributed by atoms with Crippen LogP contribution in [0.15, 0.2) is 18.2 Å². The summed E-state index contributed by atoms with van der Waals surface area (Å²) in [6.45, 7) is 4.13. The van der Waals surface area contributed by atoms with Crippen molar-refractivity contribution in [3.05, 3.63) is 18.2 Å². The molecule has 2 aliphatic rings. The van der Waals surface area contributed by atoms with Gasteiger partial charge in [0, 0.05) is 30.8 Å². The summed E-state index contributed by atoms with van der Waals surface area (Å²) in [5.74, 6) is -1.18. The molecular weight excluding hydrogens is 394 g/mol. The lowest BCUT2D eigenvalue weighted by Gasteiger charge is -2.22. The summed E-state index contributed by atoms with van der Waals surface area (Å²) >= 11 is 0. The number of amides is 4. The molecule has 30 heavy (non-hydrogen) atoms. The Hall–Kier alpha value is -3.30. The fraction of sp³-hybridized carbons (Fsp3) is 0.500. The topological polar surface area (TPSA) is 123 Å². The van der Waals surface area contributed by atoms with Gasteiger partial charge in [0.05, 0.1) is 5.92 Å². The van der Waals surface area contributed by atoms with Crippen LogP contribution in [0.5, 0.6) is 11.5 Å². The third-order valence-electron chi connectivity index (χ3n) is 4.88. The van der Waals surface area contributed by atoms with Gasteiger partial charge in [0.15, 0.2) is 18.1 Å². The maximum atomic E-state index is 12.4. The third-order valence-corrected chi connectivity index (χ3v) is 4.88. The van der Waals surface area contributed by atoms with Gasteiger partial charge < -0.3 is 24.4 Å². The average molecular weight is 419 g/mol. The van der Waals surface area contributed by atoms with Crippen LogP contribution < -0.4 is 25.0 Å². The minimum Gasteiger partial charge on any atom is -0.486 e. The molecule has 0 spiro atoms. The molecule has 4 amide bonds. The molecule has 1 saturated heterocycles. The number of urea groups is 1. The van der Waals surface area contributed by atoms with Crippen LogP contribution in [0.2, 0.25) is 0 Å². The Morgan fingerprint density at radius 1 is 1.23 bits per heavy atom. The fourth-order valence-electron chi connectivity index (χ4n) is 3.09. The highest BCUT2D eigenvalue weighted by atomic mass is 16.6. The van der Waals surface area contributed by atoms with Gasteiger partial charge in [-0.15, -0.1) is 0 Å². The quantitative estimate of drug-likeness (QED) is 0.659. The van der Waals surface area contributed by atoms with Crippen molar-refractivity contribution in [2.45, 2.75) is 32.7 Å². The van der Waals surface area contributed by atoms with Crippen LogP contribution >= 0.6 is 0 Å². The lowest BCUT2D eigenvalue weighted by Crippen LogP contribution is -2.44. The summed E-state index contributed by atoms with van der Waals surface area (Å²) in [6, 6.07) is 4.41. The molecule has 2 aliphatic heterocycles. The molecule has 2 N–H and O–H groups in total. The summed E-state index contributed by atoms with van der Waals surface area (Å²) in [4.78, 5) is 49.5. The lowest BCUT2D eigenvalue weighted by atomic mass is 10.1. The van der Waals surface area contributed by atoms with Gasteiger partial charge in [-0.2, -0.15) is 0 Å². The van der Waals surface area contributed by atoms with Crippen molar-refractivity contribution in [1.29, 1.82) is 0 Å². The first kappa shape index (κ1) is 21.4. The maximum Gasteiger partial charge on any atom is 0.321 e. The van der Waals surface area contributed by atoms with E-state index in [-0.39, 0.29) is 24.9 Å². The van der Waals surface area contributed by atoms with E-state index in [1.807, 2.05) is 6.92 Å². The van der Waals surface area contributed by atoms with Crippen LogP contribution in [0.3, 0.4) is 0 Å². The van der Waals surface area contributed by atoms with E-state index < -0.39 is 30.4 Å². The fourth-order valence-corrected chi connectivity index (χ4v) is 3.09. The molecule has 0 bridgehead atoms. The van der Waals surface area contributed by atoms with Gasteiger partial charge in [0.25, 0.3) is 5.91 Å². The molecule has 0 unspecified atom stereocenters. The van der Waals surface area contributed by atoms with Crippen molar-refractivity contribution in [1.82, 2.24) is 10.6 Å². The Morgan fingerprint density at radius 3 is 2.70 bits per heavy atom. The van der Waals surface area contributed by atoms with E-state index in [2.05, 4.69) is 10.6 Å². The van der Waals surface area contributed by atoms with Gasteiger partial charge in [-0.1, -0.05) is 6.92 Å². The zero-order chi connectivity index (χ0) is 21.7. The van der Waals surface area contributed by atoms with Crippen molar-refractivity contribution in [3.8, 4) is 11.5 Å². The first-order chi connectivity index (χ1) is 14.4. The van der Waals surface area contributed by atoms with Gasteiger partial charge >= 0.3 is 12.0 Å². The van der Waals surface area contributed by atoms with Gasteiger partial charge in [-0.25, -0.2) is 4.79 Å². The van der Waals surface area contributed by atoms with E-state index >= 15 is 0 Å². The molecule has 0 saturated carbocycles. The standard InChI is InChI=1S/C20H25N3O7/c1-3-12(2)21-20(27)22-17(24)11-30-19(26)13-8-18(25)23(10-13)14-4-5-15-16(9-14)29-7-6-28-15/h4-5,9,12-13H,3,6-8,10-11H2,1-2H3,(H2,21,22,24,27)/t12-,13-/m1/s1. The summed E-state index contributed by atoms with van der Waals surface area (Å²) in [6.07, 6.45) is 0.690. The Kier molecular flexibility index (Phi) is 6.76. The van der Waals surface area contributed by atoms with E-state index in [1.165, 1.54) is 4.90 Å². The monoisotopic (exact) mass is 419 g/mol. The van der Waals surface area contributed by atoms with Crippen molar-refractivity contribution in [2.75, 3.05) is 31.3 Å². The minimum absolute atomic E-state index is 0.0244. The number of imide groups is 1. The molecule has 1 fully saturated rings. The van der Waals surface area contributed by atoms with Crippen LogP contribution in [-0.4, -0.2) is 56.2 Å². The average Bonchev–Trinajstić information content (AvgIpc) is 3.13. The highest BCUT2D eigenvalue weighted by Crippen LogP contribution is 2.36. The number of carbonyl (C=O) groups is 4. The maximum absolute atomic E-state index is 12.4. The van der Waals surface area contributed by atoms with Gasteiger partial charge in [-0.05, 0) is 25.5 Å². The van der Waals surface area contributed by atoms with E-state index in [0.717, 1.165) is 0 Å². The number of hydrogen-bond donors (Lipinski definition) is 2. The van der Waals surface area contributed by atoms with E-state index in [0.29, 0.717) is 36.8 Å². The predicted molar refractivity (Wildman–Crippen MR) is 105 cm³/mol. The first-order valence-corrected chi connectivity index (χ1v) is 9.84. The number of benzene rings is 1. The Labute approximate surface area is 173 Å². The van der Waals surface area contributed by atoms with Crippen LogP contribution in [-0.2, 0) is 19.1 Å². The Balaban J connectivity index is 1.50. The van der Waals surface area contributed by atoms with Crippen LogP contribution in [0.4, 0.5) is 10.5 Å². The number of rotatable bonds is 6. The third kappa shape index (κ3) is 5.19. The number of esters is 1. The second-order valence-electron chi connectivity index (χ2n) is 7.17. The van der Waals surface area contributed by atoms with Crippen LogP contribution in [0.25, 0.3) is 0 Å². The summed E-state index contributed by atoms with van der Waals surface area (Å²) in [5.41, 5.74) is 0.596. The Morgan fingerprint density at radius 2 is 1.97 bits per heavy atom. The second kappa shape index (κ2) is 9.47. The molecule has 10 heteroatoms. The zero-order valence-electron chi connectivity index (χ0n) is 16.9. The minimum atomic E-state index is -0.739. The Bertz CT molecular complexity index is 842. The van der Waals surface area contributed by atoms with E-state index in [9.17, 15) is 19.2 Å². The molecule has 3 rings (SSSR count). The highest BCUT2D eigenvalue weighted by Gasteiger charge is 2.37. The normalized spacial score (nSPS) is 18.5. The molecule has 2 atom stereocenters. The number of fused-ring (bicyclic) bond motifs is 1. The van der Waals surface area contributed by atoms with Crippen LogP contribution in [0.1, 0.15) is 26.7 Å². The van der Waals surface area contributed by atoms with Crippen LogP contribution in [0, 0.1) is 5.92 Å². The predicted octanol–water partition coefficient (Wildman–Crippen LogP) is 0.978. The van der Waals surface area contributed by atoms with Gasteiger partial charge in [0.1, 0.15) is 13.2 Å². The molecule has 2 heterocycles.